The Morgan fingerprint density at radius 3 is 2.07 bits per heavy atom. The highest BCUT2D eigenvalue weighted by Crippen LogP contribution is 2.33. The van der Waals surface area contributed by atoms with Crippen LogP contribution in [0, 0.1) is 24.0 Å². The summed E-state index contributed by atoms with van der Waals surface area (Å²) < 4.78 is 40.1. The molecule has 0 amide bonds. The van der Waals surface area contributed by atoms with Crippen molar-refractivity contribution < 1.29 is 18.3 Å². The molecule has 29 heavy (non-hydrogen) atoms. The lowest BCUT2D eigenvalue weighted by molar-refractivity contribution is 0.373. The number of amidine groups is 1. The third kappa shape index (κ3) is 4.43. The van der Waals surface area contributed by atoms with Crippen LogP contribution in [0.15, 0.2) is 48.5 Å². The zero-order valence-corrected chi connectivity index (χ0v) is 16.2. The molecule has 0 fully saturated rings. The molecular formula is C21H20F2N4O2. The van der Waals surface area contributed by atoms with Crippen molar-refractivity contribution in [2.45, 2.75) is 6.92 Å². The number of nitrogens with one attached hydrogen (secondary N) is 1. The van der Waals surface area contributed by atoms with Crippen molar-refractivity contribution in [3.05, 3.63) is 71.3 Å². The van der Waals surface area contributed by atoms with Gasteiger partial charge in [-0.1, -0.05) is 18.2 Å². The fraction of sp³-hybridized carbons (Fsp3) is 0.143. The number of rotatable bonds is 6. The van der Waals surface area contributed by atoms with Crippen molar-refractivity contribution >= 4 is 11.5 Å². The van der Waals surface area contributed by atoms with E-state index in [2.05, 4.69) is 4.98 Å². The SMILES string of the molecule is Cc1c(F)c(Oc2cccc(C(=N)N)c2)nc(Oc2cccc(N(C)C)c2)c1F. The number of aromatic nitrogens is 1. The molecule has 1 heterocycles. The Morgan fingerprint density at radius 1 is 0.966 bits per heavy atom. The standard InChI is InChI=1S/C21H20F2N4O2/c1-12-17(22)20(28-15-8-4-6-13(10-15)19(24)25)26-21(18(12)23)29-16-9-5-7-14(11-16)27(2)3/h4-11H,1-3H3,(H3,24,25). The van der Waals surface area contributed by atoms with E-state index in [9.17, 15) is 8.78 Å². The average molecular weight is 398 g/mol. The van der Waals surface area contributed by atoms with Crippen molar-refractivity contribution in [1.29, 1.82) is 5.41 Å². The van der Waals surface area contributed by atoms with Crippen LogP contribution in [0.5, 0.6) is 23.3 Å². The lowest BCUT2D eigenvalue weighted by Crippen LogP contribution is -2.10. The summed E-state index contributed by atoms with van der Waals surface area (Å²) in [5.74, 6) is -2.31. The van der Waals surface area contributed by atoms with Gasteiger partial charge in [-0.15, -0.1) is 0 Å². The Hall–Kier alpha value is -3.68. The minimum atomic E-state index is -0.940. The van der Waals surface area contributed by atoms with Gasteiger partial charge in [-0.2, -0.15) is 4.98 Å². The molecule has 0 radical (unpaired) electrons. The molecule has 3 rings (SSSR count). The van der Waals surface area contributed by atoms with Gasteiger partial charge in [0.2, 0.25) is 0 Å². The zero-order chi connectivity index (χ0) is 21.1. The lowest BCUT2D eigenvalue weighted by atomic mass is 10.2. The van der Waals surface area contributed by atoms with Gasteiger partial charge in [-0.25, -0.2) is 8.78 Å². The average Bonchev–Trinajstić information content (AvgIpc) is 2.70. The monoisotopic (exact) mass is 398 g/mol. The first kappa shape index (κ1) is 20.1. The smallest absolute Gasteiger partial charge is 0.259 e. The minimum Gasteiger partial charge on any atom is -0.436 e. The van der Waals surface area contributed by atoms with Gasteiger partial charge in [0.15, 0.2) is 11.6 Å². The van der Waals surface area contributed by atoms with Crippen LogP contribution in [0.2, 0.25) is 0 Å². The van der Waals surface area contributed by atoms with Crippen molar-refractivity contribution in [2.24, 2.45) is 5.73 Å². The molecular weight excluding hydrogens is 378 g/mol. The number of anilines is 1. The first-order valence-electron chi connectivity index (χ1n) is 8.69. The van der Waals surface area contributed by atoms with Crippen LogP contribution < -0.4 is 20.1 Å². The predicted octanol–water partition coefficient (Wildman–Crippen LogP) is 4.60. The van der Waals surface area contributed by atoms with Crippen LogP contribution in [0.3, 0.4) is 0 Å². The number of nitrogens with zero attached hydrogens (tertiary/aromatic N) is 2. The van der Waals surface area contributed by atoms with Gasteiger partial charge in [0, 0.05) is 37.0 Å². The number of nitrogen functional groups attached to an aromatic ring is 1. The van der Waals surface area contributed by atoms with Crippen molar-refractivity contribution in [1.82, 2.24) is 4.98 Å². The molecule has 3 N–H and O–H groups in total. The van der Waals surface area contributed by atoms with E-state index in [1.54, 1.807) is 36.4 Å². The molecule has 0 aliphatic carbocycles. The van der Waals surface area contributed by atoms with E-state index >= 15 is 0 Å². The Bertz CT molecular complexity index is 1070. The Kier molecular flexibility index (Phi) is 5.63. The molecule has 150 valence electrons. The summed E-state index contributed by atoms with van der Waals surface area (Å²) in [6.07, 6.45) is 0. The number of ether oxygens (including phenoxy) is 2. The third-order valence-electron chi connectivity index (χ3n) is 4.15. The molecule has 0 atom stereocenters. The second kappa shape index (κ2) is 8.14. The molecule has 1 aromatic heterocycles. The molecule has 0 saturated carbocycles. The topological polar surface area (TPSA) is 84.5 Å². The van der Waals surface area contributed by atoms with Crippen LogP contribution in [-0.2, 0) is 0 Å². The summed E-state index contributed by atoms with van der Waals surface area (Å²) in [4.78, 5) is 5.74. The second-order valence-electron chi connectivity index (χ2n) is 6.51. The maximum Gasteiger partial charge on any atom is 0.259 e. The zero-order valence-electron chi connectivity index (χ0n) is 16.2. The molecule has 0 spiro atoms. The van der Waals surface area contributed by atoms with Crippen molar-refractivity contribution in [3.8, 4) is 23.3 Å². The quantitative estimate of drug-likeness (QED) is 0.468. The van der Waals surface area contributed by atoms with Crippen LogP contribution in [0.25, 0.3) is 0 Å². The lowest BCUT2D eigenvalue weighted by Gasteiger charge is -2.15. The van der Waals surface area contributed by atoms with Gasteiger partial charge in [0.05, 0.1) is 0 Å². The molecule has 2 aromatic carbocycles. The summed E-state index contributed by atoms with van der Waals surface area (Å²) in [5, 5.41) is 7.48. The number of benzene rings is 2. The number of pyridine rings is 1. The normalized spacial score (nSPS) is 10.5. The molecule has 0 unspecified atom stereocenters. The molecule has 8 heteroatoms. The summed E-state index contributed by atoms with van der Waals surface area (Å²) in [6, 6.07) is 13.2. The van der Waals surface area contributed by atoms with E-state index < -0.39 is 23.4 Å². The summed E-state index contributed by atoms with van der Waals surface area (Å²) in [6.45, 7) is 1.27. The molecule has 3 aromatic rings. The summed E-state index contributed by atoms with van der Waals surface area (Å²) in [7, 11) is 3.72. The highest BCUT2D eigenvalue weighted by Gasteiger charge is 2.21. The molecule has 0 bridgehead atoms. The second-order valence-corrected chi connectivity index (χ2v) is 6.51. The van der Waals surface area contributed by atoms with Crippen molar-refractivity contribution in [2.75, 3.05) is 19.0 Å². The first-order chi connectivity index (χ1) is 13.8. The first-order valence-corrected chi connectivity index (χ1v) is 8.69. The van der Waals surface area contributed by atoms with Gasteiger partial charge in [0.1, 0.15) is 17.3 Å². The number of hydrogen-bond donors (Lipinski definition) is 2. The van der Waals surface area contributed by atoms with Crippen LogP contribution in [0.4, 0.5) is 14.5 Å². The number of hydrogen-bond acceptors (Lipinski definition) is 5. The maximum absolute atomic E-state index is 14.6. The van der Waals surface area contributed by atoms with E-state index in [4.69, 9.17) is 20.6 Å². The number of nitrogens with two attached hydrogens (primary N) is 1. The molecule has 0 aliphatic rings. The summed E-state index contributed by atoms with van der Waals surface area (Å²) >= 11 is 0. The van der Waals surface area contributed by atoms with Gasteiger partial charge >= 0.3 is 0 Å². The molecule has 0 saturated heterocycles. The van der Waals surface area contributed by atoms with E-state index in [1.807, 2.05) is 25.1 Å². The van der Waals surface area contributed by atoms with Gasteiger partial charge in [-0.3, -0.25) is 5.41 Å². The van der Waals surface area contributed by atoms with E-state index in [-0.39, 0.29) is 17.1 Å². The van der Waals surface area contributed by atoms with Crippen LogP contribution >= 0.6 is 0 Å². The van der Waals surface area contributed by atoms with Crippen LogP contribution in [-0.4, -0.2) is 24.9 Å². The fourth-order valence-corrected chi connectivity index (χ4v) is 2.52. The molecule has 0 aliphatic heterocycles. The van der Waals surface area contributed by atoms with E-state index in [0.717, 1.165) is 5.69 Å². The third-order valence-corrected chi connectivity index (χ3v) is 4.15. The van der Waals surface area contributed by atoms with Gasteiger partial charge in [-0.05, 0) is 31.2 Å². The van der Waals surface area contributed by atoms with E-state index in [0.29, 0.717) is 11.3 Å². The highest BCUT2D eigenvalue weighted by molar-refractivity contribution is 5.95. The Labute approximate surface area is 167 Å². The van der Waals surface area contributed by atoms with Crippen LogP contribution in [0.1, 0.15) is 11.1 Å². The number of halogens is 2. The molecule has 6 nitrogen and oxygen atoms in total. The van der Waals surface area contributed by atoms with Crippen molar-refractivity contribution in [3.63, 3.8) is 0 Å². The largest absolute Gasteiger partial charge is 0.436 e. The summed E-state index contributed by atoms with van der Waals surface area (Å²) in [5.41, 5.74) is 6.43. The van der Waals surface area contributed by atoms with Gasteiger partial charge in [0.25, 0.3) is 11.8 Å². The minimum absolute atomic E-state index is 0.163. The Balaban J connectivity index is 1.96. The fourth-order valence-electron chi connectivity index (χ4n) is 2.52. The Morgan fingerprint density at radius 2 is 1.52 bits per heavy atom. The highest BCUT2D eigenvalue weighted by atomic mass is 19.1. The maximum atomic E-state index is 14.6. The van der Waals surface area contributed by atoms with E-state index in [1.165, 1.54) is 13.0 Å². The predicted molar refractivity (Wildman–Crippen MR) is 107 cm³/mol. The van der Waals surface area contributed by atoms with Gasteiger partial charge < -0.3 is 20.1 Å².